The van der Waals surface area contributed by atoms with Crippen molar-refractivity contribution < 1.29 is 9.59 Å². The van der Waals surface area contributed by atoms with Gasteiger partial charge in [-0.1, -0.05) is 62.2 Å². The fourth-order valence-electron chi connectivity index (χ4n) is 3.70. The number of hydrogen-bond acceptors (Lipinski definition) is 2. The molecule has 176 valence electrons. The van der Waals surface area contributed by atoms with Gasteiger partial charge in [0.2, 0.25) is 11.8 Å². The minimum absolute atomic E-state index is 0.0277. The Morgan fingerprint density at radius 3 is 2.34 bits per heavy atom. The molecule has 2 amide bonds. The van der Waals surface area contributed by atoms with Gasteiger partial charge in [0, 0.05) is 42.4 Å². The van der Waals surface area contributed by atoms with Crippen LogP contribution < -0.4 is 0 Å². The summed E-state index contributed by atoms with van der Waals surface area (Å²) >= 11 is 3.49. The highest BCUT2D eigenvalue weighted by molar-refractivity contribution is 9.10. The standard InChI is InChI=1S/C26H38BrN3O2/c1-5-7-15-29(26(32)20-30(17-21(3)4)25(31)9-6-2)19-24-10-8-16-28(24)18-22-11-13-23(27)14-12-22/h8,10-14,16,21H,5-7,9,15,17-20H2,1-4H3. The van der Waals surface area contributed by atoms with Gasteiger partial charge >= 0.3 is 0 Å². The molecule has 0 unspecified atom stereocenters. The molecule has 0 saturated carbocycles. The molecule has 1 aromatic carbocycles. The average Bonchev–Trinajstić information content (AvgIpc) is 3.18. The van der Waals surface area contributed by atoms with E-state index in [1.807, 2.05) is 30.0 Å². The molecule has 0 aliphatic heterocycles. The van der Waals surface area contributed by atoms with Crippen molar-refractivity contribution in [3.63, 3.8) is 0 Å². The summed E-state index contributed by atoms with van der Waals surface area (Å²) in [5.41, 5.74) is 2.32. The maximum absolute atomic E-state index is 13.3. The molecule has 0 atom stereocenters. The van der Waals surface area contributed by atoms with Crippen LogP contribution in [-0.4, -0.2) is 45.8 Å². The summed E-state index contributed by atoms with van der Waals surface area (Å²) < 4.78 is 3.26. The third-order valence-electron chi connectivity index (χ3n) is 5.41. The predicted molar refractivity (Wildman–Crippen MR) is 134 cm³/mol. The first-order valence-corrected chi connectivity index (χ1v) is 12.6. The molecule has 2 aromatic rings. The van der Waals surface area contributed by atoms with Crippen molar-refractivity contribution in [2.24, 2.45) is 5.92 Å². The summed E-state index contributed by atoms with van der Waals surface area (Å²) in [5.74, 6) is 0.430. The Kier molecular flexibility index (Phi) is 11.0. The van der Waals surface area contributed by atoms with E-state index in [0.717, 1.165) is 36.0 Å². The van der Waals surface area contributed by atoms with Gasteiger partial charge in [-0.25, -0.2) is 0 Å². The van der Waals surface area contributed by atoms with Crippen molar-refractivity contribution in [2.75, 3.05) is 19.6 Å². The molecule has 0 radical (unpaired) electrons. The number of rotatable bonds is 13. The lowest BCUT2D eigenvalue weighted by molar-refractivity contribution is -0.141. The van der Waals surface area contributed by atoms with E-state index < -0.39 is 0 Å². The highest BCUT2D eigenvalue weighted by Gasteiger charge is 2.22. The molecule has 0 spiro atoms. The van der Waals surface area contributed by atoms with Gasteiger partial charge in [-0.15, -0.1) is 0 Å². The van der Waals surface area contributed by atoms with Crippen LogP contribution in [0.25, 0.3) is 0 Å². The van der Waals surface area contributed by atoms with E-state index in [-0.39, 0.29) is 18.4 Å². The fourth-order valence-corrected chi connectivity index (χ4v) is 3.97. The number of nitrogens with zero attached hydrogens (tertiary/aromatic N) is 3. The quantitative estimate of drug-likeness (QED) is 0.351. The van der Waals surface area contributed by atoms with Crippen LogP contribution in [0.3, 0.4) is 0 Å². The smallest absolute Gasteiger partial charge is 0.242 e. The molecule has 6 heteroatoms. The first kappa shape index (κ1) is 26.2. The van der Waals surface area contributed by atoms with Crippen molar-refractivity contribution in [3.05, 3.63) is 58.3 Å². The molecule has 0 aliphatic rings. The first-order chi connectivity index (χ1) is 15.3. The number of carbonyl (C=O) groups is 2. The number of unbranched alkanes of at least 4 members (excludes halogenated alkanes) is 1. The zero-order chi connectivity index (χ0) is 23.5. The predicted octanol–water partition coefficient (Wildman–Crippen LogP) is 5.71. The molecule has 5 nitrogen and oxygen atoms in total. The topological polar surface area (TPSA) is 45.6 Å². The van der Waals surface area contributed by atoms with Crippen LogP contribution in [0.1, 0.15) is 64.6 Å². The molecule has 1 heterocycles. The van der Waals surface area contributed by atoms with Gasteiger partial charge in [-0.05, 0) is 48.6 Å². The summed E-state index contributed by atoms with van der Waals surface area (Å²) in [4.78, 5) is 29.6. The molecule has 0 N–H and O–H groups in total. The molecule has 32 heavy (non-hydrogen) atoms. The Balaban J connectivity index is 2.13. The first-order valence-electron chi connectivity index (χ1n) is 11.8. The van der Waals surface area contributed by atoms with Crippen molar-refractivity contribution in [1.29, 1.82) is 0 Å². The molecule has 0 fully saturated rings. The van der Waals surface area contributed by atoms with Crippen LogP contribution in [0.4, 0.5) is 0 Å². The number of halogens is 1. The lowest BCUT2D eigenvalue weighted by Crippen LogP contribution is -2.44. The van der Waals surface area contributed by atoms with Crippen LogP contribution in [0.5, 0.6) is 0 Å². The van der Waals surface area contributed by atoms with Gasteiger partial charge in [-0.3, -0.25) is 9.59 Å². The summed E-state index contributed by atoms with van der Waals surface area (Å²) in [6.07, 6.45) is 5.33. The maximum atomic E-state index is 13.3. The van der Waals surface area contributed by atoms with Crippen molar-refractivity contribution in [3.8, 4) is 0 Å². The number of hydrogen-bond donors (Lipinski definition) is 0. The summed E-state index contributed by atoms with van der Waals surface area (Å²) in [6, 6.07) is 12.4. The Hall–Kier alpha value is -2.08. The molecule has 0 bridgehead atoms. The molecule has 0 aliphatic carbocycles. The lowest BCUT2D eigenvalue weighted by Gasteiger charge is -2.29. The minimum Gasteiger partial charge on any atom is -0.345 e. The van der Waals surface area contributed by atoms with Gasteiger partial charge < -0.3 is 14.4 Å². The van der Waals surface area contributed by atoms with Gasteiger partial charge in [0.1, 0.15) is 0 Å². The highest BCUT2D eigenvalue weighted by atomic mass is 79.9. The second kappa shape index (κ2) is 13.5. The Bertz CT molecular complexity index is 845. The van der Waals surface area contributed by atoms with E-state index in [1.165, 1.54) is 5.56 Å². The van der Waals surface area contributed by atoms with Gasteiger partial charge in [-0.2, -0.15) is 0 Å². The fraction of sp³-hybridized carbons (Fsp3) is 0.538. The summed E-state index contributed by atoms with van der Waals surface area (Å²) in [5, 5.41) is 0. The van der Waals surface area contributed by atoms with E-state index >= 15 is 0 Å². The molecule has 2 rings (SSSR count). The molecular weight excluding hydrogens is 466 g/mol. The summed E-state index contributed by atoms with van der Waals surface area (Å²) in [7, 11) is 0. The SMILES string of the molecule is CCCCN(Cc1cccn1Cc1ccc(Br)cc1)C(=O)CN(CC(C)C)C(=O)CCC. The van der Waals surface area contributed by atoms with Crippen LogP contribution in [0, 0.1) is 5.92 Å². The number of aromatic nitrogens is 1. The maximum Gasteiger partial charge on any atom is 0.242 e. The Labute approximate surface area is 201 Å². The Morgan fingerprint density at radius 1 is 1.00 bits per heavy atom. The third kappa shape index (κ3) is 8.45. The minimum atomic E-state index is 0.0277. The lowest BCUT2D eigenvalue weighted by atomic mass is 10.2. The van der Waals surface area contributed by atoms with Gasteiger partial charge in [0.05, 0.1) is 13.1 Å². The zero-order valence-corrected chi connectivity index (χ0v) is 21.6. The number of amides is 2. The monoisotopic (exact) mass is 503 g/mol. The average molecular weight is 505 g/mol. The molecule has 1 aromatic heterocycles. The number of benzene rings is 1. The molecular formula is C26H38BrN3O2. The van der Waals surface area contributed by atoms with Gasteiger partial charge in [0.25, 0.3) is 0 Å². The normalized spacial score (nSPS) is 11.1. The van der Waals surface area contributed by atoms with E-state index in [1.54, 1.807) is 4.90 Å². The van der Waals surface area contributed by atoms with E-state index in [0.29, 0.717) is 32.0 Å². The van der Waals surface area contributed by atoms with Gasteiger partial charge in [0.15, 0.2) is 0 Å². The number of carbonyl (C=O) groups excluding carboxylic acids is 2. The van der Waals surface area contributed by atoms with Crippen molar-refractivity contribution in [1.82, 2.24) is 14.4 Å². The Morgan fingerprint density at radius 2 is 1.72 bits per heavy atom. The largest absolute Gasteiger partial charge is 0.345 e. The van der Waals surface area contributed by atoms with E-state index in [2.05, 4.69) is 65.7 Å². The zero-order valence-electron chi connectivity index (χ0n) is 20.0. The second-order valence-electron chi connectivity index (χ2n) is 8.84. The van der Waals surface area contributed by atoms with Crippen molar-refractivity contribution >= 4 is 27.7 Å². The van der Waals surface area contributed by atoms with Crippen LogP contribution in [0.2, 0.25) is 0 Å². The van der Waals surface area contributed by atoms with Crippen LogP contribution in [0.15, 0.2) is 47.1 Å². The second-order valence-corrected chi connectivity index (χ2v) is 9.76. The summed E-state index contributed by atoms with van der Waals surface area (Å²) in [6.45, 7) is 11.1. The van der Waals surface area contributed by atoms with Crippen LogP contribution >= 0.6 is 15.9 Å². The highest BCUT2D eigenvalue weighted by Crippen LogP contribution is 2.15. The van der Waals surface area contributed by atoms with Crippen molar-refractivity contribution in [2.45, 2.75) is 66.5 Å². The van der Waals surface area contributed by atoms with E-state index in [4.69, 9.17) is 0 Å². The third-order valence-corrected chi connectivity index (χ3v) is 5.93. The van der Waals surface area contributed by atoms with E-state index in [9.17, 15) is 9.59 Å². The van der Waals surface area contributed by atoms with Crippen LogP contribution in [-0.2, 0) is 22.7 Å². The molecule has 0 saturated heterocycles.